The lowest BCUT2D eigenvalue weighted by atomic mass is 10.1. The molecule has 0 saturated carbocycles. The highest BCUT2D eigenvalue weighted by Crippen LogP contribution is 2.14. The van der Waals surface area contributed by atoms with Crippen LogP contribution in [-0.4, -0.2) is 54.6 Å². The number of aromatic nitrogens is 3. The van der Waals surface area contributed by atoms with Crippen LogP contribution in [0.15, 0.2) is 29.3 Å². The Labute approximate surface area is 166 Å². The van der Waals surface area contributed by atoms with Crippen LogP contribution in [0.5, 0.6) is 5.75 Å². The van der Waals surface area contributed by atoms with E-state index in [0.717, 1.165) is 62.1 Å². The molecule has 1 aromatic heterocycles. The first kappa shape index (κ1) is 20.1. The van der Waals surface area contributed by atoms with Crippen LogP contribution in [0.1, 0.15) is 30.1 Å². The number of nitrogens with one attached hydrogen (secondary N) is 2. The molecule has 0 radical (unpaired) electrons. The summed E-state index contributed by atoms with van der Waals surface area (Å²) >= 11 is 0. The molecule has 8 heteroatoms. The van der Waals surface area contributed by atoms with E-state index >= 15 is 0 Å². The van der Waals surface area contributed by atoms with Crippen molar-refractivity contribution >= 4 is 5.96 Å². The minimum Gasteiger partial charge on any atom is -0.497 e. The van der Waals surface area contributed by atoms with Gasteiger partial charge in [-0.3, -0.25) is 4.99 Å². The minimum absolute atomic E-state index is 0.286. The van der Waals surface area contributed by atoms with Crippen molar-refractivity contribution < 1.29 is 9.47 Å². The van der Waals surface area contributed by atoms with Crippen LogP contribution >= 0.6 is 0 Å². The van der Waals surface area contributed by atoms with Crippen LogP contribution in [0, 0.1) is 0 Å². The summed E-state index contributed by atoms with van der Waals surface area (Å²) in [5.74, 6) is 3.52. The quantitative estimate of drug-likeness (QED) is 0.407. The van der Waals surface area contributed by atoms with Crippen LogP contribution < -0.4 is 15.4 Å². The van der Waals surface area contributed by atoms with Gasteiger partial charge in [-0.2, -0.15) is 5.10 Å². The second-order valence-corrected chi connectivity index (χ2v) is 6.89. The minimum atomic E-state index is 0.286. The SMILES string of the molecule is CN=C(NCCCc1cccc(OC)c1)NC1CCc2nc(COC)nn2C1. The standard InChI is InChI=1S/C20H30N6O2/c1-21-20(22-11-5-7-15-6-4-8-17(12-15)28-3)23-16-9-10-19-24-18(14-27-2)25-26(19)13-16/h4,6,8,12,16H,5,7,9-11,13-14H2,1-3H3,(H2,21,22,23). The highest BCUT2D eigenvalue weighted by molar-refractivity contribution is 5.79. The molecule has 0 amide bonds. The Morgan fingerprint density at radius 3 is 3.04 bits per heavy atom. The van der Waals surface area contributed by atoms with Crippen molar-refractivity contribution in [2.45, 2.75) is 44.9 Å². The molecule has 0 bridgehead atoms. The number of ether oxygens (including phenoxy) is 2. The maximum atomic E-state index is 5.28. The molecule has 2 N–H and O–H groups in total. The molecule has 8 nitrogen and oxygen atoms in total. The van der Waals surface area contributed by atoms with Crippen LogP contribution in [0.3, 0.4) is 0 Å². The summed E-state index contributed by atoms with van der Waals surface area (Å²) in [6.45, 7) is 2.10. The number of hydrogen-bond acceptors (Lipinski definition) is 5. The molecular formula is C20H30N6O2. The maximum absolute atomic E-state index is 5.28. The lowest BCUT2D eigenvalue weighted by Crippen LogP contribution is -2.47. The summed E-state index contributed by atoms with van der Waals surface area (Å²) < 4.78 is 12.4. The molecular weight excluding hydrogens is 356 g/mol. The third-order valence-electron chi connectivity index (χ3n) is 4.81. The number of methoxy groups -OCH3 is 2. The highest BCUT2D eigenvalue weighted by Gasteiger charge is 2.22. The fourth-order valence-corrected chi connectivity index (χ4v) is 3.38. The molecule has 28 heavy (non-hydrogen) atoms. The number of aryl methyl sites for hydroxylation is 2. The Hall–Kier alpha value is -2.61. The molecule has 1 aliphatic heterocycles. The molecule has 1 aliphatic rings. The summed E-state index contributed by atoms with van der Waals surface area (Å²) in [4.78, 5) is 8.87. The molecule has 1 aromatic carbocycles. The molecule has 0 spiro atoms. The number of guanidine groups is 1. The van der Waals surface area contributed by atoms with Crippen LogP contribution in [-0.2, 0) is 30.7 Å². The highest BCUT2D eigenvalue weighted by atomic mass is 16.5. The first-order valence-corrected chi connectivity index (χ1v) is 9.73. The average Bonchev–Trinajstić information content (AvgIpc) is 3.12. The Morgan fingerprint density at radius 1 is 1.36 bits per heavy atom. The maximum Gasteiger partial charge on any atom is 0.191 e. The van der Waals surface area contributed by atoms with Crippen molar-refractivity contribution in [3.63, 3.8) is 0 Å². The van der Waals surface area contributed by atoms with Crippen LogP contribution in [0.4, 0.5) is 0 Å². The number of hydrogen-bond donors (Lipinski definition) is 2. The summed E-state index contributed by atoms with van der Waals surface area (Å²) in [5, 5.41) is 11.4. The Morgan fingerprint density at radius 2 is 2.25 bits per heavy atom. The number of aliphatic imine (C=N–C) groups is 1. The van der Waals surface area contributed by atoms with Gasteiger partial charge >= 0.3 is 0 Å². The summed E-state index contributed by atoms with van der Waals surface area (Å²) in [6.07, 6.45) is 3.93. The Kier molecular flexibility index (Phi) is 7.25. The van der Waals surface area contributed by atoms with Gasteiger partial charge in [-0.25, -0.2) is 9.67 Å². The van der Waals surface area contributed by atoms with E-state index in [9.17, 15) is 0 Å². The van der Waals surface area contributed by atoms with E-state index in [2.05, 4.69) is 37.8 Å². The molecule has 1 unspecified atom stereocenters. The lowest BCUT2D eigenvalue weighted by Gasteiger charge is -2.25. The fraction of sp³-hybridized carbons (Fsp3) is 0.550. The van der Waals surface area contributed by atoms with Crippen LogP contribution in [0.2, 0.25) is 0 Å². The Balaban J connectivity index is 1.43. The third kappa shape index (κ3) is 5.45. The monoisotopic (exact) mass is 386 g/mol. The first-order chi connectivity index (χ1) is 13.7. The molecule has 2 aromatic rings. The zero-order valence-electron chi connectivity index (χ0n) is 16.9. The first-order valence-electron chi connectivity index (χ1n) is 9.73. The number of nitrogens with zero attached hydrogens (tertiary/aromatic N) is 4. The van der Waals surface area contributed by atoms with Gasteiger partial charge in [0, 0.05) is 33.2 Å². The van der Waals surface area contributed by atoms with Gasteiger partial charge in [-0.1, -0.05) is 12.1 Å². The zero-order chi connectivity index (χ0) is 19.8. The zero-order valence-corrected chi connectivity index (χ0v) is 16.9. The van der Waals surface area contributed by atoms with Gasteiger partial charge < -0.3 is 20.1 Å². The van der Waals surface area contributed by atoms with Gasteiger partial charge in [0.15, 0.2) is 11.8 Å². The van der Waals surface area contributed by atoms with E-state index in [1.807, 2.05) is 16.8 Å². The average molecular weight is 387 g/mol. The van der Waals surface area contributed by atoms with Crippen molar-refractivity contribution in [1.82, 2.24) is 25.4 Å². The lowest BCUT2D eigenvalue weighted by molar-refractivity contribution is 0.177. The predicted octanol–water partition coefficient (Wildman–Crippen LogP) is 1.55. The fourth-order valence-electron chi connectivity index (χ4n) is 3.38. The second kappa shape index (κ2) is 10.1. The van der Waals surface area contributed by atoms with E-state index in [-0.39, 0.29) is 6.04 Å². The number of fused-ring (bicyclic) bond motifs is 1. The molecule has 3 rings (SSSR count). The number of benzene rings is 1. The van der Waals surface area contributed by atoms with E-state index < -0.39 is 0 Å². The van der Waals surface area contributed by atoms with E-state index in [1.165, 1.54) is 5.56 Å². The molecule has 152 valence electrons. The van der Waals surface area contributed by atoms with Crippen molar-refractivity contribution in [3.05, 3.63) is 41.5 Å². The molecule has 1 atom stereocenters. The third-order valence-corrected chi connectivity index (χ3v) is 4.81. The van der Waals surface area contributed by atoms with Crippen molar-refractivity contribution in [2.75, 3.05) is 27.8 Å². The predicted molar refractivity (Wildman–Crippen MR) is 109 cm³/mol. The second-order valence-electron chi connectivity index (χ2n) is 6.89. The van der Waals surface area contributed by atoms with E-state index in [1.54, 1.807) is 21.3 Å². The van der Waals surface area contributed by atoms with Gasteiger partial charge in [0.05, 0.1) is 13.7 Å². The number of rotatable bonds is 8. The molecule has 0 aliphatic carbocycles. The van der Waals surface area contributed by atoms with Crippen LogP contribution in [0.25, 0.3) is 0 Å². The Bertz CT molecular complexity index is 789. The van der Waals surface area contributed by atoms with Crippen molar-refractivity contribution in [1.29, 1.82) is 0 Å². The largest absolute Gasteiger partial charge is 0.497 e. The van der Waals surface area contributed by atoms with Crippen molar-refractivity contribution in [3.8, 4) is 5.75 Å². The van der Waals surface area contributed by atoms with Gasteiger partial charge in [0.2, 0.25) is 0 Å². The van der Waals surface area contributed by atoms with Gasteiger partial charge in [-0.05, 0) is 37.0 Å². The summed E-state index contributed by atoms with van der Waals surface area (Å²) in [7, 11) is 5.16. The molecule has 0 saturated heterocycles. The summed E-state index contributed by atoms with van der Waals surface area (Å²) in [6, 6.07) is 8.50. The van der Waals surface area contributed by atoms with Gasteiger partial charge in [-0.15, -0.1) is 0 Å². The molecule has 0 fully saturated rings. The van der Waals surface area contributed by atoms with E-state index in [4.69, 9.17) is 9.47 Å². The van der Waals surface area contributed by atoms with Crippen molar-refractivity contribution in [2.24, 2.45) is 4.99 Å². The topological polar surface area (TPSA) is 85.6 Å². The van der Waals surface area contributed by atoms with E-state index in [0.29, 0.717) is 6.61 Å². The smallest absolute Gasteiger partial charge is 0.191 e. The molecule has 2 heterocycles. The summed E-state index contributed by atoms with van der Waals surface area (Å²) in [5.41, 5.74) is 1.28. The van der Waals surface area contributed by atoms with Gasteiger partial charge in [0.1, 0.15) is 18.2 Å². The van der Waals surface area contributed by atoms with Gasteiger partial charge in [0.25, 0.3) is 0 Å². The normalized spacial score (nSPS) is 16.5.